The monoisotopic (exact) mass is 676 g/mol. The van der Waals surface area contributed by atoms with Gasteiger partial charge in [-0.3, -0.25) is 13.9 Å². The smallest absolute Gasteiger partial charge is 0.416 e. The van der Waals surface area contributed by atoms with Crippen molar-refractivity contribution in [2.45, 2.75) is 56.3 Å². The number of alkyl halides is 3. The van der Waals surface area contributed by atoms with Crippen LogP contribution in [-0.2, 0) is 36.0 Å². The summed E-state index contributed by atoms with van der Waals surface area (Å²) < 4.78 is 72.2. The maximum Gasteiger partial charge on any atom is 0.416 e. The number of piperidine rings is 1. The summed E-state index contributed by atoms with van der Waals surface area (Å²) in [5.41, 5.74) is 2.83. The van der Waals surface area contributed by atoms with Crippen molar-refractivity contribution < 1.29 is 26.7 Å². The van der Waals surface area contributed by atoms with Crippen LogP contribution in [-0.4, -0.2) is 22.2 Å². The van der Waals surface area contributed by atoms with Crippen LogP contribution in [0.3, 0.4) is 0 Å². The number of halogens is 5. The third kappa shape index (κ3) is 5.57. The van der Waals surface area contributed by atoms with E-state index in [9.17, 15) is 22.8 Å². The minimum Gasteiger partial charge on any atom is -0.454 e. The summed E-state index contributed by atoms with van der Waals surface area (Å²) in [7, 11) is 0. The molecule has 2 atom stereocenters. The first-order chi connectivity index (χ1) is 21.0. The average Bonchev–Trinajstić information content (AvgIpc) is 3.54. The molecule has 8 nitrogen and oxygen atoms in total. The van der Waals surface area contributed by atoms with Crippen LogP contribution in [0, 0.1) is 5.82 Å². The first-order valence-electron chi connectivity index (χ1n) is 14.1. The Hall–Kier alpha value is -3.52. The van der Waals surface area contributed by atoms with Gasteiger partial charge in [0.2, 0.25) is 0 Å². The zero-order valence-corrected chi connectivity index (χ0v) is 25.0. The van der Waals surface area contributed by atoms with Gasteiger partial charge < -0.3 is 20.2 Å². The van der Waals surface area contributed by atoms with Gasteiger partial charge in [-0.1, -0.05) is 36.4 Å². The summed E-state index contributed by atoms with van der Waals surface area (Å²) in [5, 5.41) is 3.24. The van der Waals surface area contributed by atoms with Crippen molar-refractivity contribution in [3.8, 4) is 0 Å². The largest absolute Gasteiger partial charge is 0.454 e. The molecule has 2 aromatic heterocycles. The molecule has 0 aliphatic carbocycles. The van der Waals surface area contributed by atoms with Crippen LogP contribution in [0.25, 0.3) is 0 Å². The first-order valence-corrected chi connectivity index (χ1v) is 14.9. The summed E-state index contributed by atoms with van der Waals surface area (Å²) >= 11 is 3.27. The van der Waals surface area contributed by atoms with Gasteiger partial charge in [-0.2, -0.15) is 13.2 Å². The minimum absolute atomic E-state index is 0.0869. The van der Waals surface area contributed by atoms with Crippen molar-refractivity contribution in [2.75, 3.05) is 13.1 Å². The lowest BCUT2D eigenvalue weighted by molar-refractivity contribution is -0.138. The zero-order valence-electron chi connectivity index (χ0n) is 23.4. The molecule has 4 aromatic rings. The third-order valence-electron chi connectivity index (χ3n) is 8.37. The van der Waals surface area contributed by atoms with Gasteiger partial charge in [0.1, 0.15) is 23.3 Å². The molecule has 1 saturated heterocycles. The van der Waals surface area contributed by atoms with Gasteiger partial charge in [0.25, 0.3) is 5.56 Å². The number of hydrogen-bond acceptors (Lipinski definition) is 6. The van der Waals surface area contributed by atoms with E-state index in [1.807, 2.05) is 0 Å². The highest BCUT2D eigenvalue weighted by molar-refractivity contribution is 9.10. The number of aromatic nitrogens is 2. The van der Waals surface area contributed by atoms with Crippen molar-refractivity contribution in [3.05, 3.63) is 126 Å². The van der Waals surface area contributed by atoms with Crippen LogP contribution in [0.1, 0.15) is 58.7 Å². The van der Waals surface area contributed by atoms with Gasteiger partial charge in [0.15, 0.2) is 4.67 Å². The van der Waals surface area contributed by atoms with E-state index in [1.54, 1.807) is 42.5 Å². The molecule has 232 valence electrons. The first kappa shape index (κ1) is 30.5. The van der Waals surface area contributed by atoms with Gasteiger partial charge >= 0.3 is 11.9 Å². The summed E-state index contributed by atoms with van der Waals surface area (Å²) in [4.78, 5) is 28.6. The van der Waals surface area contributed by atoms with Crippen molar-refractivity contribution in [2.24, 2.45) is 5.73 Å². The lowest BCUT2D eigenvalue weighted by Gasteiger charge is -2.34. The Bertz CT molecular complexity index is 1800. The molecule has 1 fully saturated rings. The Labute approximate surface area is 257 Å². The van der Waals surface area contributed by atoms with E-state index >= 15 is 4.39 Å². The van der Waals surface area contributed by atoms with Gasteiger partial charge in [0, 0.05) is 18.0 Å². The molecule has 1 spiro atoms. The van der Waals surface area contributed by atoms with E-state index in [2.05, 4.69) is 21.2 Å². The fraction of sp³-hybridized carbons (Fsp3) is 0.355. The van der Waals surface area contributed by atoms with Crippen LogP contribution in [0.2, 0.25) is 0 Å². The van der Waals surface area contributed by atoms with Crippen LogP contribution < -0.4 is 22.3 Å². The van der Waals surface area contributed by atoms with Crippen LogP contribution in [0.4, 0.5) is 17.6 Å². The fourth-order valence-corrected chi connectivity index (χ4v) is 6.65. The summed E-state index contributed by atoms with van der Waals surface area (Å²) in [6.45, 7) is -0.0136. The van der Waals surface area contributed by atoms with E-state index in [0.29, 0.717) is 41.9 Å². The van der Waals surface area contributed by atoms with Gasteiger partial charge in [-0.25, -0.2) is 9.18 Å². The quantitative estimate of drug-likeness (QED) is 0.262. The van der Waals surface area contributed by atoms with Gasteiger partial charge in [-0.05, 0) is 71.7 Å². The molecule has 6 rings (SSSR count). The van der Waals surface area contributed by atoms with E-state index < -0.39 is 58.7 Å². The molecule has 0 amide bonds. The summed E-state index contributed by atoms with van der Waals surface area (Å²) in [6.07, 6.45) is -4.97. The standard InChI is InChI=1S/C31H29BrF4N4O4/c32-25-10-9-19(43-25)15-24-27-26(30(44-24)11-13-38-14-12-30)28(41)40(17-23(37)18-5-2-1-3-6-18)29(42)39(27)16-20-21(31(34,35)36)7-4-8-22(20)33/h1-10,23-24,38H,11-17,37H2/t23?,24-/m1/s1. The molecule has 3 N–H and O–H groups in total. The molecule has 2 aromatic carbocycles. The molecule has 0 radical (unpaired) electrons. The number of ether oxygens (including phenoxy) is 1. The fourth-order valence-electron chi connectivity index (χ4n) is 6.31. The second-order valence-electron chi connectivity index (χ2n) is 11.1. The normalized spacial score (nSPS) is 18.5. The molecule has 0 saturated carbocycles. The molecular weight excluding hydrogens is 648 g/mol. The lowest BCUT2D eigenvalue weighted by Crippen LogP contribution is -2.49. The maximum atomic E-state index is 15.2. The number of nitrogens with zero attached hydrogens (tertiary/aromatic N) is 2. The summed E-state index contributed by atoms with van der Waals surface area (Å²) in [5.74, 6) is -0.656. The Balaban J connectivity index is 1.59. The Morgan fingerprint density at radius 3 is 2.41 bits per heavy atom. The number of nitrogens with two attached hydrogens (primary N) is 1. The van der Waals surface area contributed by atoms with Crippen LogP contribution in [0.5, 0.6) is 0 Å². The number of furan rings is 1. The molecule has 2 aliphatic rings. The van der Waals surface area contributed by atoms with Crippen LogP contribution >= 0.6 is 15.9 Å². The highest BCUT2D eigenvalue weighted by Gasteiger charge is 2.50. The van der Waals surface area contributed by atoms with Gasteiger partial charge in [-0.15, -0.1) is 0 Å². The second-order valence-corrected chi connectivity index (χ2v) is 11.9. The topological polar surface area (TPSA) is 104 Å². The van der Waals surface area contributed by atoms with Gasteiger partial charge in [0.05, 0.1) is 29.9 Å². The van der Waals surface area contributed by atoms with Crippen molar-refractivity contribution >= 4 is 15.9 Å². The predicted molar refractivity (Wildman–Crippen MR) is 157 cm³/mol. The lowest BCUT2D eigenvalue weighted by atomic mass is 9.85. The average molecular weight is 677 g/mol. The SMILES string of the molecule is NC(Cn1c(=O)c2c(n(Cc3c(F)cccc3C(F)(F)F)c1=O)[C@@H](Cc1ccc(Br)o1)OC21CCNCC1)c1ccccc1. The Morgan fingerprint density at radius 1 is 1.02 bits per heavy atom. The van der Waals surface area contributed by atoms with E-state index in [-0.39, 0.29) is 24.2 Å². The molecule has 13 heteroatoms. The van der Waals surface area contributed by atoms with Crippen molar-refractivity contribution in [3.63, 3.8) is 0 Å². The number of benzene rings is 2. The Morgan fingerprint density at radius 2 is 1.75 bits per heavy atom. The highest BCUT2D eigenvalue weighted by Crippen LogP contribution is 2.48. The molecule has 4 heterocycles. The predicted octanol–water partition coefficient (Wildman–Crippen LogP) is 5.16. The van der Waals surface area contributed by atoms with Crippen molar-refractivity contribution in [1.82, 2.24) is 14.5 Å². The zero-order chi connectivity index (χ0) is 31.2. The van der Waals surface area contributed by atoms with E-state index in [0.717, 1.165) is 27.3 Å². The number of nitrogens with one attached hydrogen (secondary N) is 1. The number of rotatable bonds is 7. The summed E-state index contributed by atoms with van der Waals surface area (Å²) in [6, 6.07) is 14.1. The highest BCUT2D eigenvalue weighted by atomic mass is 79.9. The van der Waals surface area contributed by atoms with E-state index in [1.165, 1.54) is 0 Å². The Kier molecular flexibility index (Phi) is 8.16. The molecule has 44 heavy (non-hydrogen) atoms. The number of hydrogen-bond donors (Lipinski definition) is 2. The molecule has 0 bridgehead atoms. The molecule has 1 unspecified atom stereocenters. The molecule has 2 aliphatic heterocycles. The van der Waals surface area contributed by atoms with Crippen molar-refractivity contribution in [1.29, 1.82) is 0 Å². The van der Waals surface area contributed by atoms with Crippen LogP contribution in [0.15, 0.2) is 79.3 Å². The minimum atomic E-state index is -4.89. The van der Waals surface area contributed by atoms with E-state index in [4.69, 9.17) is 14.9 Å². The third-order valence-corrected chi connectivity index (χ3v) is 8.80. The molecular formula is C31H29BrF4N4O4. The second kappa shape index (κ2) is 11.8. The number of fused-ring (bicyclic) bond motifs is 2. The maximum absolute atomic E-state index is 15.2.